The van der Waals surface area contributed by atoms with E-state index in [2.05, 4.69) is 32.6 Å². The summed E-state index contributed by atoms with van der Waals surface area (Å²) < 4.78 is 5.18. The molecule has 0 fully saturated rings. The van der Waals surface area contributed by atoms with Crippen LogP contribution >= 0.6 is 0 Å². The van der Waals surface area contributed by atoms with Crippen LogP contribution in [0.25, 0.3) is 0 Å². The zero-order chi connectivity index (χ0) is 11.9. The van der Waals surface area contributed by atoms with Crippen LogP contribution in [0, 0.1) is 5.41 Å². The summed E-state index contributed by atoms with van der Waals surface area (Å²) in [5.41, 5.74) is 5.98. The highest BCUT2D eigenvalue weighted by Crippen LogP contribution is 2.19. The van der Waals surface area contributed by atoms with Crippen molar-refractivity contribution in [2.24, 2.45) is 11.1 Å². The molecule has 0 bridgehead atoms. The lowest BCUT2D eigenvalue weighted by molar-refractivity contribution is 0.0939. The van der Waals surface area contributed by atoms with Gasteiger partial charge in [-0.2, -0.15) is 0 Å². The molecular formula is C12H28N2O. The molecule has 0 saturated carbocycles. The molecular weight excluding hydrogens is 188 g/mol. The fourth-order valence-corrected chi connectivity index (χ4v) is 1.59. The van der Waals surface area contributed by atoms with E-state index in [-0.39, 0.29) is 5.41 Å². The quantitative estimate of drug-likeness (QED) is 0.671. The van der Waals surface area contributed by atoms with Crippen LogP contribution in [0.15, 0.2) is 0 Å². The Kier molecular flexibility index (Phi) is 7.14. The van der Waals surface area contributed by atoms with Gasteiger partial charge in [-0.25, -0.2) is 0 Å². The monoisotopic (exact) mass is 216 g/mol. The van der Waals surface area contributed by atoms with Crippen molar-refractivity contribution in [3.05, 3.63) is 0 Å². The van der Waals surface area contributed by atoms with Gasteiger partial charge in [0.15, 0.2) is 0 Å². The van der Waals surface area contributed by atoms with E-state index in [1.807, 2.05) is 0 Å². The lowest BCUT2D eigenvalue weighted by Crippen LogP contribution is -2.39. The third-order valence-electron chi connectivity index (χ3n) is 3.07. The minimum absolute atomic E-state index is 0.250. The molecule has 0 rings (SSSR count). The third-order valence-corrected chi connectivity index (χ3v) is 3.07. The van der Waals surface area contributed by atoms with Crippen LogP contribution in [0.1, 0.15) is 34.1 Å². The van der Waals surface area contributed by atoms with Gasteiger partial charge in [0.05, 0.1) is 6.61 Å². The number of hydrogen-bond acceptors (Lipinski definition) is 3. The normalized spacial score (nSPS) is 14.6. The van der Waals surface area contributed by atoms with Crippen LogP contribution in [-0.2, 0) is 4.74 Å². The van der Waals surface area contributed by atoms with E-state index < -0.39 is 0 Å². The van der Waals surface area contributed by atoms with Crippen LogP contribution in [-0.4, -0.2) is 44.3 Å². The average Bonchev–Trinajstić information content (AvgIpc) is 2.19. The summed E-state index contributed by atoms with van der Waals surface area (Å²) in [4.78, 5) is 2.45. The van der Waals surface area contributed by atoms with E-state index in [4.69, 9.17) is 10.5 Å². The Balaban J connectivity index is 3.99. The molecule has 92 valence electrons. The number of ether oxygens (including phenoxy) is 1. The summed E-state index contributed by atoms with van der Waals surface area (Å²) in [5, 5.41) is 0. The Morgan fingerprint density at radius 1 is 1.40 bits per heavy atom. The van der Waals surface area contributed by atoms with Crippen molar-refractivity contribution in [2.45, 2.75) is 40.2 Å². The Morgan fingerprint density at radius 3 is 2.40 bits per heavy atom. The lowest BCUT2D eigenvalue weighted by atomic mass is 9.89. The minimum atomic E-state index is 0.250. The summed E-state index contributed by atoms with van der Waals surface area (Å²) >= 11 is 0. The van der Waals surface area contributed by atoms with Gasteiger partial charge in [-0.15, -0.1) is 0 Å². The summed E-state index contributed by atoms with van der Waals surface area (Å²) in [6.45, 7) is 12.6. The molecule has 0 aliphatic heterocycles. The van der Waals surface area contributed by atoms with Crippen molar-refractivity contribution < 1.29 is 4.74 Å². The van der Waals surface area contributed by atoms with E-state index in [9.17, 15) is 0 Å². The standard InChI is InChI=1S/C12H28N2O/c1-6-14(11(2)9-15-5)8-7-12(3,4)10-13/h11H,6-10,13H2,1-5H3. The molecule has 0 heterocycles. The highest BCUT2D eigenvalue weighted by Gasteiger charge is 2.19. The van der Waals surface area contributed by atoms with Crippen molar-refractivity contribution in [2.75, 3.05) is 33.4 Å². The molecule has 0 aromatic rings. The van der Waals surface area contributed by atoms with Crippen molar-refractivity contribution in [3.63, 3.8) is 0 Å². The largest absolute Gasteiger partial charge is 0.383 e. The molecule has 0 radical (unpaired) electrons. The summed E-state index contributed by atoms with van der Waals surface area (Å²) in [6.07, 6.45) is 1.14. The van der Waals surface area contributed by atoms with Gasteiger partial charge < -0.3 is 10.5 Å². The van der Waals surface area contributed by atoms with Crippen LogP contribution in [0.2, 0.25) is 0 Å². The second kappa shape index (κ2) is 7.20. The zero-order valence-electron chi connectivity index (χ0n) is 11.0. The molecule has 0 aliphatic carbocycles. The lowest BCUT2D eigenvalue weighted by Gasteiger charge is -2.31. The molecule has 3 nitrogen and oxygen atoms in total. The second-order valence-electron chi connectivity index (χ2n) is 5.05. The van der Waals surface area contributed by atoms with E-state index in [1.165, 1.54) is 0 Å². The van der Waals surface area contributed by atoms with E-state index in [0.717, 1.165) is 32.7 Å². The number of nitrogens with two attached hydrogens (primary N) is 1. The predicted octanol–water partition coefficient (Wildman–Crippen LogP) is 1.72. The molecule has 0 aromatic heterocycles. The number of hydrogen-bond donors (Lipinski definition) is 1. The number of rotatable bonds is 8. The first kappa shape index (κ1) is 14.9. The van der Waals surface area contributed by atoms with Gasteiger partial charge in [0.1, 0.15) is 0 Å². The Bertz CT molecular complexity index is 160. The predicted molar refractivity (Wildman–Crippen MR) is 66.0 cm³/mol. The maximum absolute atomic E-state index is 5.73. The van der Waals surface area contributed by atoms with E-state index in [0.29, 0.717) is 6.04 Å². The van der Waals surface area contributed by atoms with Gasteiger partial charge in [-0.1, -0.05) is 20.8 Å². The fraction of sp³-hybridized carbons (Fsp3) is 1.00. The summed E-state index contributed by atoms with van der Waals surface area (Å²) in [5.74, 6) is 0. The highest BCUT2D eigenvalue weighted by atomic mass is 16.5. The van der Waals surface area contributed by atoms with Crippen LogP contribution in [0.3, 0.4) is 0 Å². The minimum Gasteiger partial charge on any atom is -0.383 e. The van der Waals surface area contributed by atoms with Crippen LogP contribution in [0.5, 0.6) is 0 Å². The first-order valence-electron chi connectivity index (χ1n) is 5.90. The van der Waals surface area contributed by atoms with Crippen molar-refractivity contribution in [1.82, 2.24) is 4.90 Å². The average molecular weight is 216 g/mol. The van der Waals surface area contributed by atoms with Crippen molar-refractivity contribution in [3.8, 4) is 0 Å². The zero-order valence-corrected chi connectivity index (χ0v) is 11.0. The van der Waals surface area contributed by atoms with Crippen molar-refractivity contribution >= 4 is 0 Å². The van der Waals surface area contributed by atoms with Gasteiger partial charge in [0, 0.05) is 13.2 Å². The first-order valence-corrected chi connectivity index (χ1v) is 5.90. The first-order chi connectivity index (χ1) is 6.96. The Morgan fingerprint density at radius 2 is 2.00 bits per heavy atom. The molecule has 1 unspecified atom stereocenters. The topological polar surface area (TPSA) is 38.5 Å². The van der Waals surface area contributed by atoms with Gasteiger partial charge in [0.25, 0.3) is 0 Å². The fourth-order valence-electron chi connectivity index (χ4n) is 1.59. The second-order valence-corrected chi connectivity index (χ2v) is 5.05. The molecule has 3 heteroatoms. The molecule has 0 aromatic carbocycles. The molecule has 1 atom stereocenters. The molecule has 0 amide bonds. The summed E-state index contributed by atoms with van der Waals surface area (Å²) in [7, 11) is 1.76. The van der Waals surface area contributed by atoms with Gasteiger partial charge in [-0.05, 0) is 38.4 Å². The van der Waals surface area contributed by atoms with E-state index >= 15 is 0 Å². The number of nitrogens with zero attached hydrogens (tertiary/aromatic N) is 1. The van der Waals surface area contributed by atoms with Gasteiger partial charge in [-0.3, -0.25) is 4.90 Å². The molecule has 2 N–H and O–H groups in total. The maximum atomic E-state index is 5.73. The van der Waals surface area contributed by atoms with Crippen LogP contribution < -0.4 is 5.73 Å². The molecule has 0 spiro atoms. The molecule has 15 heavy (non-hydrogen) atoms. The summed E-state index contributed by atoms with van der Waals surface area (Å²) in [6, 6.07) is 0.494. The van der Waals surface area contributed by atoms with Crippen LogP contribution in [0.4, 0.5) is 0 Å². The van der Waals surface area contributed by atoms with Gasteiger partial charge >= 0.3 is 0 Å². The SMILES string of the molecule is CCN(CCC(C)(C)CN)C(C)COC. The molecule has 0 aliphatic rings. The van der Waals surface area contributed by atoms with E-state index in [1.54, 1.807) is 7.11 Å². The smallest absolute Gasteiger partial charge is 0.0615 e. The third kappa shape index (κ3) is 6.13. The molecule has 0 saturated heterocycles. The Labute approximate surface area is 95.0 Å². The Hall–Kier alpha value is -0.120. The number of methoxy groups -OCH3 is 1. The number of likely N-dealkylation sites (N-methyl/N-ethyl adjacent to an activating group) is 1. The van der Waals surface area contributed by atoms with Gasteiger partial charge in [0.2, 0.25) is 0 Å². The van der Waals surface area contributed by atoms with Crippen molar-refractivity contribution in [1.29, 1.82) is 0 Å². The highest BCUT2D eigenvalue weighted by molar-refractivity contribution is 4.73. The maximum Gasteiger partial charge on any atom is 0.0615 e.